The summed E-state index contributed by atoms with van der Waals surface area (Å²) in [7, 11) is -0.273. The van der Waals surface area contributed by atoms with Gasteiger partial charge in [0.2, 0.25) is 10.0 Å². The van der Waals surface area contributed by atoms with Crippen LogP contribution in [0, 0.1) is 0 Å². The molecule has 8 heteroatoms. The van der Waals surface area contributed by atoms with Crippen LogP contribution in [0.5, 0.6) is 0 Å². The molecular formula is C11H15N5O2S. The molecule has 0 saturated heterocycles. The van der Waals surface area contributed by atoms with E-state index in [2.05, 4.69) is 9.97 Å². The van der Waals surface area contributed by atoms with E-state index in [0.29, 0.717) is 5.82 Å². The summed E-state index contributed by atoms with van der Waals surface area (Å²) in [6, 6.07) is 2.90. The van der Waals surface area contributed by atoms with Gasteiger partial charge in [0.1, 0.15) is 16.5 Å². The van der Waals surface area contributed by atoms with E-state index >= 15 is 0 Å². The normalized spacial score (nSPS) is 11.9. The molecule has 0 atom stereocenters. The van der Waals surface area contributed by atoms with Crippen LogP contribution >= 0.6 is 0 Å². The Morgan fingerprint density at radius 1 is 1.37 bits per heavy atom. The molecule has 0 fully saturated rings. The third-order valence-corrected chi connectivity index (χ3v) is 4.54. The third-order valence-electron chi connectivity index (χ3n) is 2.75. The van der Waals surface area contributed by atoms with Crippen molar-refractivity contribution < 1.29 is 8.42 Å². The van der Waals surface area contributed by atoms with Crippen LogP contribution in [-0.4, -0.2) is 34.3 Å². The van der Waals surface area contributed by atoms with Crippen molar-refractivity contribution in [2.75, 3.05) is 12.8 Å². The van der Waals surface area contributed by atoms with E-state index in [4.69, 9.17) is 5.73 Å². The molecule has 7 nitrogen and oxygen atoms in total. The van der Waals surface area contributed by atoms with Gasteiger partial charge in [0, 0.05) is 32.7 Å². The fourth-order valence-electron chi connectivity index (χ4n) is 1.56. The van der Waals surface area contributed by atoms with Crippen LogP contribution in [0.2, 0.25) is 0 Å². The van der Waals surface area contributed by atoms with Crippen LogP contribution in [-0.2, 0) is 23.6 Å². The summed E-state index contributed by atoms with van der Waals surface area (Å²) in [5, 5.41) is 0. The number of nitrogens with two attached hydrogens (primary N) is 1. The standard InChI is InChI=1S/C11H15N5O2S/c1-15-6-5-13-11(15)8-16(2)19(17,18)9-3-4-10(12)14-7-9/h3-7H,8H2,1-2H3,(H2,12,14). The number of hydrogen-bond donors (Lipinski definition) is 1. The van der Waals surface area contributed by atoms with Gasteiger partial charge in [-0.1, -0.05) is 0 Å². The Morgan fingerprint density at radius 3 is 2.63 bits per heavy atom. The Bertz CT molecular complexity index is 663. The Labute approximate surface area is 111 Å². The maximum Gasteiger partial charge on any atom is 0.244 e. The Balaban J connectivity index is 2.24. The Kier molecular flexibility index (Phi) is 3.54. The summed E-state index contributed by atoms with van der Waals surface area (Å²) in [6.07, 6.45) is 4.64. The molecule has 0 aliphatic carbocycles. The number of nitrogens with zero attached hydrogens (tertiary/aromatic N) is 4. The molecule has 0 aromatic carbocycles. The second kappa shape index (κ2) is 4.98. The maximum atomic E-state index is 12.3. The monoisotopic (exact) mass is 281 g/mol. The number of aromatic nitrogens is 3. The van der Waals surface area contributed by atoms with Gasteiger partial charge in [-0.05, 0) is 12.1 Å². The summed E-state index contributed by atoms with van der Waals surface area (Å²) >= 11 is 0. The lowest BCUT2D eigenvalue weighted by molar-refractivity contribution is 0.451. The van der Waals surface area contributed by atoms with Gasteiger partial charge in [-0.3, -0.25) is 0 Å². The fraction of sp³-hybridized carbons (Fsp3) is 0.273. The Hall–Kier alpha value is -1.93. The SMILES string of the molecule is CN(Cc1nccn1C)S(=O)(=O)c1ccc(N)nc1. The highest BCUT2D eigenvalue weighted by Gasteiger charge is 2.22. The number of hydrogen-bond acceptors (Lipinski definition) is 5. The minimum absolute atomic E-state index is 0.110. The van der Waals surface area contributed by atoms with E-state index in [1.807, 2.05) is 7.05 Å². The highest BCUT2D eigenvalue weighted by Crippen LogP contribution is 2.15. The number of anilines is 1. The van der Waals surface area contributed by atoms with Crippen molar-refractivity contribution in [3.8, 4) is 0 Å². The number of imidazole rings is 1. The zero-order chi connectivity index (χ0) is 14.0. The molecular weight excluding hydrogens is 266 g/mol. The van der Waals surface area contributed by atoms with E-state index in [-0.39, 0.29) is 17.3 Å². The van der Waals surface area contributed by atoms with Crippen LogP contribution < -0.4 is 5.73 Å². The molecule has 0 aliphatic rings. The van der Waals surface area contributed by atoms with Crippen LogP contribution in [0.4, 0.5) is 5.82 Å². The summed E-state index contributed by atoms with van der Waals surface area (Å²) in [4.78, 5) is 8.00. The van der Waals surface area contributed by atoms with Crippen molar-refractivity contribution in [3.05, 3.63) is 36.5 Å². The molecule has 0 amide bonds. The molecule has 0 aliphatic heterocycles. The lowest BCUT2D eigenvalue weighted by atomic mass is 10.5. The minimum atomic E-state index is -3.59. The van der Waals surface area contributed by atoms with Gasteiger partial charge in [0.15, 0.2) is 0 Å². The number of sulfonamides is 1. The second-order valence-electron chi connectivity index (χ2n) is 4.13. The molecule has 2 aromatic heterocycles. The van der Waals surface area contributed by atoms with Crippen LogP contribution in [0.25, 0.3) is 0 Å². The topological polar surface area (TPSA) is 94.1 Å². The molecule has 2 aromatic rings. The van der Waals surface area contributed by atoms with Crippen molar-refractivity contribution in [2.45, 2.75) is 11.4 Å². The quantitative estimate of drug-likeness (QED) is 0.865. The first kappa shape index (κ1) is 13.5. The van der Waals surface area contributed by atoms with E-state index in [1.165, 1.54) is 29.7 Å². The summed E-state index contributed by atoms with van der Waals surface area (Å²) in [5.41, 5.74) is 5.44. The minimum Gasteiger partial charge on any atom is -0.384 e. The van der Waals surface area contributed by atoms with Gasteiger partial charge < -0.3 is 10.3 Å². The summed E-state index contributed by atoms with van der Waals surface area (Å²) in [6.45, 7) is 0.191. The lowest BCUT2D eigenvalue weighted by Crippen LogP contribution is -2.27. The van der Waals surface area contributed by atoms with Crippen molar-refractivity contribution in [2.24, 2.45) is 7.05 Å². The van der Waals surface area contributed by atoms with Crippen LogP contribution in [0.3, 0.4) is 0 Å². The molecule has 0 saturated carbocycles. The molecule has 0 spiro atoms. The molecule has 0 bridgehead atoms. The van der Waals surface area contributed by atoms with Gasteiger partial charge >= 0.3 is 0 Å². The molecule has 2 N–H and O–H groups in total. The number of rotatable bonds is 4. The smallest absolute Gasteiger partial charge is 0.244 e. The van der Waals surface area contributed by atoms with Crippen molar-refractivity contribution in [1.29, 1.82) is 0 Å². The largest absolute Gasteiger partial charge is 0.384 e. The number of nitrogen functional groups attached to an aromatic ring is 1. The van der Waals surface area contributed by atoms with Crippen molar-refractivity contribution in [1.82, 2.24) is 18.8 Å². The molecule has 2 heterocycles. The van der Waals surface area contributed by atoms with Gasteiger partial charge in [0.05, 0.1) is 6.54 Å². The van der Waals surface area contributed by atoms with Gasteiger partial charge in [-0.25, -0.2) is 18.4 Å². The first-order valence-electron chi connectivity index (χ1n) is 5.55. The van der Waals surface area contributed by atoms with Gasteiger partial charge in [-0.15, -0.1) is 0 Å². The van der Waals surface area contributed by atoms with E-state index in [9.17, 15) is 8.42 Å². The zero-order valence-electron chi connectivity index (χ0n) is 10.7. The van der Waals surface area contributed by atoms with Crippen molar-refractivity contribution in [3.63, 3.8) is 0 Å². The van der Waals surface area contributed by atoms with Gasteiger partial charge in [0.25, 0.3) is 0 Å². The summed E-state index contributed by atoms with van der Waals surface area (Å²) < 4.78 is 27.6. The first-order valence-corrected chi connectivity index (χ1v) is 6.99. The van der Waals surface area contributed by atoms with Gasteiger partial charge in [-0.2, -0.15) is 4.31 Å². The zero-order valence-corrected chi connectivity index (χ0v) is 11.5. The fourth-order valence-corrected chi connectivity index (χ4v) is 2.63. The van der Waals surface area contributed by atoms with E-state index < -0.39 is 10.0 Å². The molecule has 19 heavy (non-hydrogen) atoms. The third kappa shape index (κ3) is 2.74. The molecule has 0 radical (unpaired) electrons. The first-order chi connectivity index (χ1) is 8.91. The van der Waals surface area contributed by atoms with Crippen LogP contribution in [0.1, 0.15) is 5.82 Å². The van der Waals surface area contributed by atoms with Crippen molar-refractivity contribution >= 4 is 15.8 Å². The number of pyridine rings is 1. The predicted octanol–water partition coefficient (Wildman–Crippen LogP) is 0.218. The van der Waals surface area contributed by atoms with Crippen LogP contribution in [0.15, 0.2) is 35.6 Å². The highest BCUT2D eigenvalue weighted by atomic mass is 32.2. The van der Waals surface area contributed by atoms with E-state index in [1.54, 1.807) is 17.0 Å². The average Bonchev–Trinajstić information content (AvgIpc) is 2.75. The van der Waals surface area contributed by atoms with E-state index in [0.717, 1.165) is 0 Å². The second-order valence-corrected chi connectivity index (χ2v) is 6.18. The predicted molar refractivity (Wildman–Crippen MR) is 70.5 cm³/mol. The average molecular weight is 281 g/mol. The number of aryl methyl sites for hydroxylation is 1. The highest BCUT2D eigenvalue weighted by molar-refractivity contribution is 7.89. The maximum absolute atomic E-state index is 12.3. The lowest BCUT2D eigenvalue weighted by Gasteiger charge is -2.16. The molecule has 2 rings (SSSR count). The Morgan fingerprint density at radius 2 is 2.11 bits per heavy atom. The molecule has 102 valence electrons. The molecule has 0 unspecified atom stereocenters. The summed E-state index contributed by atoms with van der Waals surface area (Å²) in [5.74, 6) is 0.945.